The average molecular weight is 331 g/mol. The molecule has 23 heavy (non-hydrogen) atoms. The van der Waals surface area contributed by atoms with E-state index in [1.54, 1.807) is 6.92 Å². The van der Waals surface area contributed by atoms with E-state index < -0.39 is 4.92 Å². The summed E-state index contributed by atoms with van der Waals surface area (Å²) in [6, 6.07) is 14.4. The van der Waals surface area contributed by atoms with E-state index in [1.165, 1.54) is 12.1 Å². The fourth-order valence-corrected chi connectivity index (χ4v) is 2.44. The van der Waals surface area contributed by atoms with Crippen molar-refractivity contribution in [3.63, 3.8) is 0 Å². The Bertz CT molecular complexity index is 741. The van der Waals surface area contributed by atoms with Crippen LogP contribution in [0.4, 0.5) is 5.69 Å². The number of nitrogens with zero attached hydrogens (tertiary/aromatic N) is 2. The van der Waals surface area contributed by atoms with Gasteiger partial charge >= 0.3 is 5.69 Å². The summed E-state index contributed by atoms with van der Waals surface area (Å²) >= 11 is 6.05. The molecule has 0 aromatic heterocycles. The minimum absolute atomic E-state index is 0.117. The Morgan fingerprint density at radius 1 is 1.35 bits per heavy atom. The third kappa shape index (κ3) is 4.44. The summed E-state index contributed by atoms with van der Waals surface area (Å²) in [5.41, 5.74) is 1.17. The zero-order valence-corrected chi connectivity index (χ0v) is 13.3. The summed E-state index contributed by atoms with van der Waals surface area (Å²) in [5.74, 6) is -0.236. The largest absolute Gasteiger partial charge is 0.482 e. The lowest BCUT2D eigenvalue weighted by atomic mass is 10.0. The summed E-state index contributed by atoms with van der Waals surface area (Å²) in [7, 11) is 0. The number of rotatable bonds is 6. The predicted octanol–water partition coefficient (Wildman–Crippen LogP) is 4.53. The minimum Gasteiger partial charge on any atom is -0.482 e. The van der Waals surface area contributed by atoms with Gasteiger partial charge in [0.1, 0.15) is 6.61 Å². The van der Waals surface area contributed by atoms with E-state index in [-0.39, 0.29) is 30.4 Å². The highest BCUT2D eigenvalue weighted by atomic mass is 35.5. The van der Waals surface area contributed by atoms with Crippen LogP contribution in [0, 0.1) is 27.4 Å². The lowest BCUT2D eigenvalue weighted by Gasteiger charge is -2.11. The number of halogens is 1. The molecule has 5 nitrogen and oxygen atoms in total. The van der Waals surface area contributed by atoms with Crippen LogP contribution < -0.4 is 4.74 Å². The number of hydrogen-bond acceptors (Lipinski definition) is 4. The van der Waals surface area contributed by atoms with Crippen LogP contribution in [-0.2, 0) is 13.0 Å². The van der Waals surface area contributed by atoms with Crippen LogP contribution in [0.3, 0.4) is 0 Å². The Hall–Kier alpha value is -2.58. The third-order valence-corrected chi connectivity index (χ3v) is 3.50. The molecule has 0 N–H and O–H groups in total. The Morgan fingerprint density at radius 3 is 2.65 bits per heavy atom. The second-order valence-electron chi connectivity index (χ2n) is 5.18. The number of ether oxygens (including phenoxy) is 1. The van der Waals surface area contributed by atoms with Crippen LogP contribution in [0.25, 0.3) is 0 Å². The molecule has 0 bridgehead atoms. The number of benzene rings is 2. The number of nitro benzene ring substituents is 1. The van der Waals surface area contributed by atoms with Crippen LogP contribution in [0.5, 0.6) is 5.75 Å². The highest BCUT2D eigenvalue weighted by molar-refractivity contribution is 6.30. The van der Waals surface area contributed by atoms with E-state index in [9.17, 15) is 10.1 Å². The van der Waals surface area contributed by atoms with Crippen LogP contribution >= 0.6 is 11.6 Å². The maximum absolute atomic E-state index is 11.4. The maximum atomic E-state index is 11.4. The molecular weight excluding hydrogens is 316 g/mol. The van der Waals surface area contributed by atoms with Gasteiger partial charge in [0.15, 0.2) is 5.75 Å². The SMILES string of the molecule is CC(C#N)Cc1cc(Cl)cc(OCc2ccccc2)c1[N+](=O)[O-]. The molecule has 0 amide bonds. The molecule has 1 atom stereocenters. The number of nitro groups is 1. The number of hydrogen-bond donors (Lipinski definition) is 0. The van der Waals surface area contributed by atoms with Crippen molar-refractivity contribution in [1.82, 2.24) is 0 Å². The fourth-order valence-electron chi connectivity index (χ4n) is 2.21. The van der Waals surface area contributed by atoms with Crippen LogP contribution in [0.15, 0.2) is 42.5 Å². The van der Waals surface area contributed by atoms with Gasteiger partial charge in [-0.2, -0.15) is 5.26 Å². The van der Waals surface area contributed by atoms with Gasteiger partial charge in [-0.3, -0.25) is 10.1 Å². The molecule has 0 saturated heterocycles. The summed E-state index contributed by atoms with van der Waals surface area (Å²) in [6.07, 6.45) is 0.245. The highest BCUT2D eigenvalue weighted by Gasteiger charge is 2.23. The lowest BCUT2D eigenvalue weighted by molar-refractivity contribution is -0.386. The van der Waals surface area contributed by atoms with Gasteiger partial charge in [-0.25, -0.2) is 0 Å². The second kappa shape index (κ2) is 7.61. The molecule has 0 aliphatic carbocycles. The van der Waals surface area contributed by atoms with E-state index in [0.29, 0.717) is 10.6 Å². The van der Waals surface area contributed by atoms with E-state index in [4.69, 9.17) is 21.6 Å². The normalized spacial score (nSPS) is 11.5. The zero-order valence-electron chi connectivity index (χ0n) is 12.5. The Kier molecular flexibility index (Phi) is 5.56. The van der Waals surface area contributed by atoms with Crippen molar-refractivity contribution >= 4 is 17.3 Å². The van der Waals surface area contributed by atoms with Gasteiger partial charge in [0, 0.05) is 22.6 Å². The van der Waals surface area contributed by atoms with Crippen molar-refractivity contribution in [3.8, 4) is 11.8 Å². The van der Waals surface area contributed by atoms with Crippen LogP contribution in [-0.4, -0.2) is 4.92 Å². The van der Waals surface area contributed by atoms with E-state index in [1.807, 2.05) is 30.3 Å². The van der Waals surface area contributed by atoms with Gasteiger partial charge in [0.2, 0.25) is 0 Å². The Labute approximate surface area is 139 Å². The molecule has 0 fully saturated rings. The zero-order chi connectivity index (χ0) is 16.8. The molecule has 0 aliphatic heterocycles. The fraction of sp³-hybridized carbons (Fsp3) is 0.235. The Balaban J connectivity index is 2.34. The summed E-state index contributed by atoms with van der Waals surface area (Å²) in [5, 5.41) is 20.7. The second-order valence-corrected chi connectivity index (χ2v) is 5.61. The van der Waals surface area contributed by atoms with Crippen LogP contribution in [0.2, 0.25) is 5.02 Å². The summed E-state index contributed by atoms with van der Waals surface area (Å²) in [4.78, 5) is 10.9. The highest BCUT2D eigenvalue weighted by Crippen LogP contribution is 2.36. The topological polar surface area (TPSA) is 76.2 Å². The lowest BCUT2D eigenvalue weighted by Crippen LogP contribution is -2.05. The standard InChI is InChI=1S/C17H15ClN2O3/c1-12(10-19)7-14-8-15(18)9-16(17(14)20(21)22)23-11-13-5-3-2-4-6-13/h2-6,8-9,12H,7,11H2,1H3. The molecule has 6 heteroatoms. The molecule has 2 rings (SSSR count). The molecule has 2 aromatic carbocycles. The van der Waals surface area contributed by atoms with Crippen LogP contribution in [0.1, 0.15) is 18.1 Å². The van der Waals surface area contributed by atoms with Crippen molar-refractivity contribution in [3.05, 3.63) is 68.7 Å². The molecule has 0 radical (unpaired) electrons. The quantitative estimate of drug-likeness (QED) is 0.576. The molecule has 1 unspecified atom stereocenters. The van der Waals surface area contributed by atoms with Gasteiger partial charge in [0.05, 0.1) is 11.0 Å². The van der Waals surface area contributed by atoms with E-state index in [2.05, 4.69) is 6.07 Å². The average Bonchev–Trinajstić information content (AvgIpc) is 2.53. The molecule has 0 heterocycles. The molecule has 2 aromatic rings. The number of nitriles is 1. The van der Waals surface area contributed by atoms with E-state index in [0.717, 1.165) is 5.56 Å². The summed E-state index contributed by atoms with van der Waals surface area (Å²) < 4.78 is 5.61. The van der Waals surface area contributed by atoms with Gasteiger partial charge < -0.3 is 4.74 Å². The predicted molar refractivity (Wildman–Crippen MR) is 87.4 cm³/mol. The first-order chi connectivity index (χ1) is 11.0. The molecular formula is C17H15ClN2O3. The molecule has 0 saturated carbocycles. The van der Waals surface area contributed by atoms with Crippen molar-refractivity contribution < 1.29 is 9.66 Å². The maximum Gasteiger partial charge on any atom is 0.314 e. The molecule has 0 spiro atoms. The smallest absolute Gasteiger partial charge is 0.314 e. The first-order valence-electron chi connectivity index (χ1n) is 7.04. The molecule has 118 valence electrons. The van der Waals surface area contributed by atoms with Crippen molar-refractivity contribution in [2.75, 3.05) is 0 Å². The van der Waals surface area contributed by atoms with Crippen molar-refractivity contribution in [2.45, 2.75) is 20.0 Å². The van der Waals surface area contributed by atoms with E-state index >= 15 is 0 Å². The van der Waals surface area contributed by atoms with Gasteiger partial charge in [-0.1, -0.05) is 41.9 Å². The molecule has 0 aliphatic rings. The first-order valence-corrected chi connectivity index (χ1v) is 7.42. The van der Waals surface area contributed by atoms with Crippen molar-refractivity contribution in [1.29, 1.82) is 5.26 Å². The van der Waals surface area contributed by atoms with Gasteiger partial charge in [-0.05, 0) is 25.0 Å². The Morgan fingerprint density at radius 2 is 2.04 bits per heavy atom. The van der Waals surface area contributed by atoms with Gasteiger partial charge in [-0.15, -0.1) is 0 Å². The third-order valence-electron chi connectivity index (χ3n) is 3.28. The van der Waals surface area contributed by atoms with Gasteiger partial charge in [0.25, 0.3) is 0 Å². The first kappa shape index (κ1) is 16.8. The summed E-state index contributed by atoms with van der Waals surface area (Å²) in [6.45, 7) is 1.91. The monoisotopic (exact) mass is 330 g/mol. The van der Waals surface area contributed by atoms with Crippen molar-refractivity contribution in [2.24, 2.45) is 5.92 Å². The minimum atomic E-state index is -0.490.